The fraction of sp³-hybridized carbons (Fsp3) is 0.571. The molecule has 0 aliphatic heterocycles. The van der Waals surface area contributed by atoms with E-state index < -0.39 is 11.4 Å². The Morgan fingerprint density at radius 1 is 1.37 bits per heavy atom. The molecule has 5 heteroatoms. The van der Waals surface area contributed by atoms with Gasteiger partial charge in [0.15, 0.2) is 11.6 Å². The summed E-state index contributed by atoms with van der Waals surface area (Å²) in [6, 6.07) is 4.47. The lowest BCUT2D eigenvalue weighted by Crippen LogP contribution is -2.52. The van der Waals surface area contributed by atoms with Crippen molar-refractivity contribution < 1.29 is 19.3 Å². The van der Waals surface area contributed by atoms with Crippen LogP contribution in [-0.2, 0) is 0 Å². The van der Waals surface area contributed by atoms with Crippen molar-refractivity contribution in [3.63, 3.8) is 0 Å². The van der Waals surface area contributed by atoms with E-state index >= 15 is 0 Å². The number of nitrogens with one attached hydrogen (secondary N) is 1. The van der Waals surface area contributed by atoms with Crippen molar-refractivity contribution in [1.29, 1.82) is 0 Å². The maximum Gasteiger partial charge on any atom is 0.165 e. The molecule has 1 aromatic rings. The minimum absolute atomic E-state index is 0.145. The van der Waals surface area contributed by atoms with Gasteiger partial charge in [0, 0.05) is 6.04 Å². The van der Waals surface area contributed by atoms with Gasteiger partial charge in [-0.05, 0) is 31.0 Å². The molecule has 1 aromatic carbocycles. The topological polar surface area (TPSA) is 61.7 Å². The summed E-state index contributed by atoms with van der Waals surface area (Å²) in [5, 5.41) is 22.0. The van der Waals surface area contributed by atoms with E-state index in [-0.39, 0.29) is 25.0 Å². The highest BCUT2D eigenvalue weighted by Gasteiger charge is 2.28. The van der Waals surface area contributed by atoms with E-state index in [0.29, 0.717) is 6.42 Å². The average molecular weight is 271 g/mol. The van der Waals surface area contributed by atoms with E-state index in [9.17, 15) is 14.6 Å². The van der Waals surface area contributed by atoms with E-state index in [0.717, 1.165) is 5.56 Å². The van der Waals surface area contributed by atoms with Gasteiger partial charge in [-0.15, -0.1) is 0 Å². The van der Waals surface area contributed by atoms with Crippen LogP contribution in [0.5, 0.6) is 5.75 Å². The first kappa shape index (κ1) is 15.9. The van der Waals surface area contributed by atoms with Gasteiger partial charge in [-0.25, -0.2) is 4.39 Å². The molecule has 0 fully saturated rings. The lowest BCUT2D eigenvalue weighted by molar-refractivity contribution is 0.0792. The first-order valence-corrected chi connectivity index (χ1v) is 6.34. The summed E-state index contributed by atoms with van der Waals surface area (Å²) >= 11 is 0. The van der Waals surface area contributed by atoms with E-state index in [2.05, 4.69) is 5.32 Å². The van der Waals surface area contributed by atoms with Crippen molar-refractivity contribution in [2.24, 2.45) is 0 Å². The normalized spacial score (nSPS) is 13.4. The number of halogens is 1. The van der Waals surface area contributed by atoms with Crippen molar-refractivity contribution in [3.05, 3.63) is 29.6 Å². The third-order valence-electron chi connectivity index (χ3n) is 3.48. The minimum atomic E-state index is -0.735. The van der Waals surface area contributed by atoms with Crippen LogP contribution in [-0.4, -0.2) is 36.1 Å². The van der Waals surface area contributed by atoms with E-state index in [4.69, 9.17) is 4.74 Å². The number of aliphatic hydroxyl groups excluding tert-OH is 2. The van der Waals surface area contributed by atoms with Crippen molar-refractivity contribution >= 4 is 0 Å². The van der Waals surface area contributed by atoms with Gasteiger partial charge in [0.25, 0.3) is 0 Å². The molecular weight excluding hydrogens is 249 g/mol. The van der Waals surface area contributed by atoms with Gasteiger partial charge in [-0.2, -0.15) is 0 Å². The molecule has 108 valence electrons. The molecular formula is C14H22FNO3. The standard InChI is InChI=1S/C14H22FNO3/c1-4-14(8-17,9-18)16-10(2)11-5-6-12(15)13(7-11)19-3/h5-7,10,16-18H,4,8-9H2,1-3H3. The predicted octanol–water partition coefficient (Wildman–Crippen LogP) is 1.62. The Kier molecular flexibility index (Phi) is 5.72. The summed E-state index contributed by atoms with van der Waals surface area (Å²) in [7, 11) is 1.41. The zero-order valence-electron chi connectivity index (χ0n) is 11.6. The van der Waals surface area contributed by atoms with Gasteiger partial charge in [0.2, 0.25) is 0 Å². The molecule has 0 radical (unpaired) electrons. The quantitative estimate of drug-likeness (QED) is 0.705. The zero-order chi connectivity index (χ0) is 14.5. The molecule has 19 heavy (non-hydrogen) atoms. The summed E-state index contributed by atoms with van der Waals surface area (Å²) in [5.41, 5.74) is 0.0964. The first-order chi connectivity index (χ1) is 9.01. The molecule has 0 aliphatic rings. The van der Waals surface area contributed by atoms with Gasteiger partial charge in [0.05, 0.1) is 25.9 Å². The number of rotatable bonds is 7. The summed E-state index contributed by atoms with van der Waals surface area (Å²) in [6.07, 6.45) is 0.586. The molecule has 3 N–H and O–H groups in total. The highest BCUT2D eigenvalue weighted by atomic mass is 19.1. The van der Waals surface area contributed by atoms with E-state index in [1.54, 1.807) is 12.1 Å². The highest BCUT2D eigenvalue weighted by Crippen LogP contribution is 2.24. The average Bonchev–Trinajstić information content (AvgIpc) is 2.45. The summed E-state index contributed by atoms with van der Waals surface area (Å²) < 4.78 is 18.3. The van der Waals surface area contributed by atoms with Crippen molar-refractivity contribution in [2.75, 3.05) is 20.3 Å². The van der Waals surface area contributed by atoms with Crippen LogP contribution < -0.4 is 10.1 Å². The van der Waals surface area contributed by atoms with Gasteiger partial charge < -0.3 is 20.3 Å². The van der Waals surface area contributed by atoms with Gasteiger partial charge in [0.1, 0.15) is 0 Å². The van der Waals surface area contributed by atoms with Crippen LogP contribution in [0.2, 0.25) is 0 Å². The SMILES string of the molecule is CCC(CO)(CO)NC(C)c1ccc(F)c(OC)c1. The largest absolute Gasteiger partial charge is 0.494 e. The Morgan fingerprint density at radius 2 is 2.00 bits per heavy atom. The van der Waals surface area contributed by atoms with Crippen LogP contribution in [0, 0.1) is 5.82 Å². The molecule has 0 saturated carbocycles. The van der Waals surface area contributed by atoms with Gasteiger partial charge in [-0.1, -0.05) is 13.0 Å². The maximum atomic E-state index is 13.3. The second kappa shape index (κ2) is 6.84. The Bertz CT molecular complexity index is 399. The van der Waals surface area contributed by atoms with E-state index in [1.165, 1.54) is 13.2 Å². The van der Waals surface area contributed by atoms with Gasteiger partial charge in [-0.3, -0.25) is 0 Å². The molecule has 0 aliphatic carbocycles. The molecule has 0 heterocycles. The molecule has 0 bridgehead atoms. The lowest BCUT2D eigenvalue weighted by Gasteiger charge is -2.33. The third kappa shape index (κ3) is 3.65. The first-order valence-electron chi connectivity index (χ1n) is 6.34. The third-order valence-corrected chi connectivity index (χ3v) is 3.48. The Labute approximate surface area is 113 Å². The van der Waals surface area contributed by atoms with Crippen LogP contribution in [0.3, 0.4) is 0 Å². The van der Waals surface area contributed by atoms with Gasteiger partial charge >= 0.3 is 0 Å². The number of hydrogen-bond donors (Lipinski definition) is 3. The number of aliphatic hydroxyl groups is 2. The van der Waals surface area contributed by atoms with Crippen molar-refractivity contribution in [1.82, 2.24) is 5.32 Å². The monoisotopic (exact) mass is 271 g/mol. The lowest BCUT2D eigenvalue weighted by atomic mass is 9.95. The van der Waals surface area contributed by atoms with Crippen molar-refractivity contribution in [3.8, 4) is 5.75 Å². The summed E-state index contributed by atoms with van der Waals surface area (Å²) in [5.74, 6) is -0.231. The highest BCUT2D eigenvalue weighted by molar-refractivity contribution is 5.32. The molecule has 1 unspecified atom stereocenters. The number of hydrogen-bond acceptors (Lipinski definition) is 4. The molecule has 0 saturated heterocycles. The zero-order valence-corrected chi connectivity index (χ0v) is 11.6. The second-order valence-electron chi connectivity index (χ2n) is 4.71. The van der Waals surface area contributed by atoms with Crippen molar-refractivity contribution in [2.45, 2.75) is 31.8 Å². The van der Waals surface area contributed by atoms with Crippen LogP contribution >= 0.6 is 0 Å². The fourth-order valence-corrected chi connectivity index (χ4v) is 1.96. The Morgan fingerprint density at radius 3 is 2.47 bits per heavy atom. The number of ether oxygens (including phenoxy) is 1. The maximum absolute atomic E-state index is 13.3. The molecule has 0 amide bonds. The van der Waals surface area contributed by atoms with Crippen LogP contribution in [0.4, 0.5) is 4.39 Å². The van der Waals surface area contributed by atoms with Crippen LogP contribution in [0.15, 0.2) is 18.2 Å². The smallest absolute Gasteiger partial charge is 0.165 e. The molecule has 1 atom stereocenters. The number of benzene rings is 1. The second-order valence-corrected chi connectivity index (χ2v) is 4.71. The molecule has 0 aromatic heterocycles. The van der Waals surface area contributed by atoms with Crippen LogP contribution in [0.25, 0.3) is 0 Å². The molecule has 1 rings (SSSR count). The van der Waals surface area contributed by atoms with E-state index in [1.807, 2.05) is 13.8 Å². The number of methoxy groups -OCH3 is 1. The molecule has 4 nitrogen and oxygen atoms in total. The fourth-order valence-electron chi connectivity index (χ4n) is 1.96. The molecule has 0 spiro atoms. The Hall–Kier alpha value is -1.17. The van der Waals surface area contributed by atoms with Crippen LogP contribution in [0.1, 0.15) is 31.9 Å². The Balaban J connectivity index is 2.91. The minimum Gasteiger partial charge on any atom is -0.494 e. The summed E-state index contributed by atoms with van der Waals surface area (Å²) in [6.45, 7) is 3.45. The predicted molar refractivity (Wildman–Crippen MR) is 71.7 cm³/mol. The summed E-state index contributed by atoms with van der Waals surface area (Å²) in [4.78, 5) is 0.